The highest BCUT2D eigenvalue weighted by Crippen LogP contribution is 2.38. The van der Waals surface area contributed by atoms with Gasteiger partial charge in [-0.25, -0.2) is 0 Å². The number of anilines is 1. The maximum Gasteiger partial charge on any atom is 0.292 e. The number of piperidine rings is 1. The summed E-state index contributed by atoms with van der Waals surface area (Å²) in [5, 5.41) is 23.1. The number of nitrogens with two attached hydrogens (primary N) is 1. The van der Waals surface area contributed by atoms with E-state index in [0.717, 1.165) is 12.8 Å². The van der Waals surface area contributed by atoms with Gasteiger partial charge in [-0.15, -0.1) is 0 Å². The van der Waals surface area contributed by atoms with Crippen LogP contribution in [0.5, 0.6) is 0 Å². The molecule has 0 spiro atoms. The van der Waals surface area contributed by atoms with Gasteiger partial charge in [0.15, 0.2) is 0 Å². The Labute approximate surface area is 158 Å². The van der Waals surface area contributed by atoms with Crippen LogP contribution in [0.2, 0.25) is 0 Å². The molecular weight excluding hydrogens is 346 g/mol. The van der Waals surface area contributed by atoms with Crippen molar-refractivity contribution in [2.45, 2.75) is 57.7 Å². The lowest BCUT2D eigenvalue weighted by Crippen LogP contribution is -2.61. The van der Waals surface area contributed by atoms with Crippen molar-refractivity contribution in [3.05, 3.63) is 46.2 Å². The predicted molar refractivity (Wildman–Crippen MR) is 103 cm³/mol. The largest absolute Gasteiger partial charge is 0.366 e. The summed E-state index contributed by atoms with van der Waals surface area (Å²) >= 11 is 0. The van der Waals surface area contributed by atoms with Gasteiger partial charge in [0.2, 0.25) is 0 Å². The third-order valence-corrected chi connectivity index (χ3v) is 4.80. The molecule has 0 atom stereocenters. The molecule has 0 aliphatic carbocycles. The first-order chi connectivity index (χ1) is 12.5. The fourth-order valence-corrected chi connectivity index (χ4v) is 3.92. The smallest absolute Gasteiger partial charge is 0.292 e. The highest BCUT2D eigenvalue weighted by atomic mass is 16.6. The van der Waals surface area contributed by atoms with Crippen molar-refractivity contribution in [1.29, 1.82) is 5.26 Å². The van der Waals surface area contributed by atoms with Crippen molar-refractivity contribution in [2.75, 3.05) is 5.32 Å². The Kier molecular flexibility index (Phi) is 5.56. The van der Waals surface area contributed by atoms with E-state index in [9.17, 15) is 20.2 Å². The lowest BCUT2D eigenvalue weighted by atomic mass is 9.77. The number of carbonyl (C=O) groups is 1. The van der Waals surface area contributed by atoms with Gasteiger partial charge in [0.25, 0.3) is 11.6 Å². The van der Waals surface area contributed by atoms with Crippen LogP contribution < -0.4 is 11.1 Å². The first-order valence-electron chi connectivity index (χ1n) is 8.69. The van der Waals surface area contributed by atoms with Crippen molar-refractivity contribution in [2.24, 2.45) is 5.73 Å². The van der Waals surface area contributed by atoms with Gasteiger partial charge in [0.1, 0.15) is 17.3 Å². The summed E-state index contributed by atoms with van der Waals surface area (Å²) in [4.78, 5) is 25.1. The molecule has 0 bridgehead atoms. The molecule has 1 aromatic carbocycles. The van der Waals surface area contributed by atoms with Crippen molar-refractivity contribution >= 4 is 17.3 Å². The number of nitro benzene ring substituents is 1. The van der Waals surface area contributed by atoms with E-state index in [1.807, 2.05) is 38.7 Å². The number of nitro groups is 1. The molecule has 1 heterocycles. The molecule has 0 aromatic heterocycles. The van der Waals surface area contributed by atoms with Crippen LogP contribution in [-0.4, -0.2) is 32.9 Å². The number of hydrogen-bond donors (Lipinski definition) is 2. The quantitative estimate of drug-likeness (QED) is 0.363. The van der Waals surface area contributed by atoms with E-state index in [4.69, 9.17) is 5.73 Å². The summed E-state index contributed by atoms with van der Waals surface area (Å²) in [5.41, 5.74) is 5.17. The van der Waals surface area contributed by atoms with E-state index in [-0.39, 0.29) is 34.1 Å². The van der Waals surface area contributed by atoms with Crippen molar-refractivity contribution in [3.8, 4) is 6.07 Å². The van der Waals surface area contributed by atoms with E-state index in [0.29, 0.717) is 0 Å². The number of nitrogens with zero attached hydrogens (tertiary/aromatic N) is 3. The molecule has 1 aromatic rings. The second-order valence-corrected chi connectivity index (χ2v) is 8.05. The van der Waals surface area contributed by atoms with Gasteiger partial charge >= 0.3 is 0 Å². The maximum absolute atomic E-state index is 12.6. The zero-order valence-corrected chi connectivity index (χ0v) is 16.0. The van der Waals surface area contributed by atoms with Crippen molar-refractivity contribution < 1.29 is 9.72 Å². The molecule has 1 aliphatic rings. The van der Waals surface area contributed by atoms with Crippen LogP contribution in [-0.2, 0) is 4.79 Å². The average molecular weight is 371 g/mol. The standard InChI is InChI=1S/C19H25N5O3/c1-18(2)9-14(21)10-19(3,4)23(18)12-13(11-20)17(25)22-15-7-5-6-8-16(15)24(26)27/h5-8,12,14H,9-10,21H2,1-4H3,(H,22,25)/b13-12-. The summed E-state index contributed by atoms with van der Waals surface area (Å²) in [6, 6.07) is 7.76. The Hall–Kier alpha value is -2.92. The topological polar surface area (TPSA) is 125 Å². The number of nitriles is 1. The first-order valence-corrected chi connectivity index (χ1v) is 8.69. The fraction of sp³-hybridized carbons (Fsp3) is 0.474. The molecule has 1 aliphatic heterocycles. The van der Waals surface area contributed by atoms with Crippen LogP contribution in [0.25, 0.3) is 0 Å². The number of likely N-dealkylation sites (tertiary alicyclic amines) is 1. The molecule has 1 fully saturated rings. The minimum absolute atomic E-state index is 0.0333. The third kappa shape index (κ3) is 4.44. The van der Waals surface area contributed by atoms with Crippen LogP contribution in [0.4, 0.5) is 11.4 Å². The summed E-state index contributed by atoms with van der Waals surface area (Å²) < 4.78 is 0. The van der Waals surface area contributed by atoms with E-state index in [1.165, 1.54) is 24.4 Å². The van der Waals surface area contributed by atoms with Crippen LogP contribution in [0, 0.1) is 21.4 Å². The summed E-state index contributed by atoms with van der Waals surface area (Å²) in [7, 11) is 0. The van der Waals surface area contributed by atoms with Crippen molar-refractivity contribution in [1.82, 2.24) is 4.90 Å². The Bertz CT molecular complexity index is 805. The van der Waals surface area contributed by atoms with Gasteiger partial charge in [0.05, 0.1) is 4.92 Å². The number of amides is 1. The molecule has 1 amide bonds. The molecule has 1 saturated heterocycles. The number of hydrogen-bond acceptors (Lipinski definition) is 6. The van der Waals surface area contributed by atoms with E-state index in [2.05, 4.69) is 5.32 Å². The van der Waals surface area contributed by atoms with Gasteiger partial charge < -0.3 is 16.0 Å². The Morgan fingerprint density at radius 3 is 2.41 bits per heavy atom. The molecule has 2 rings (SSSR count). The van der Waals surface area contributed by atoms with Gasteiger partial charge in [-0.1, -0.05) is 12.1 Å². The van der Waals surface area contributed by atoms with Crippen LogP contribution in [0.15, 0.2) is 36.0 Å². The van der Waals surface area contributed by atoms with Gasteiger partial charge in [-0.3, -0.25) is 14.9 Å². The van der Waals surface area contributed by atoms with Crippen LogP contribution in [0.3, 0.4) is 0 Å². The minimum Gasteiger partial charge on any atom is -0.366 e. The van der Waals surface area contributed by atoms with E-state index >= 15 is 0 Å². The number of nitrogens with one attached hydrogen (secondary N) is 1. The van der Waals surface area contributed by atoms with Crippen LogP contribution >= 0.6 is 0 Å². The van der Waals surface area contributed by atoms with Gasteiger partial charge in [-0.2, -0.15) is 5.26 Å². The summed E-state index contributed by atoms with van der Waals surface area (Å²) in [5.74, 6) is -0.687. The van der Waals surface area contributed by atoms with E-state index in [1.54, 1.807) is 6.07 Å². The number of benzene rings is 1. The molecule has 0 saturated carbocycles. The highest BCUT2D eigenvalue weighted by Gasteiger charge is 2.43. The van der Waals surface area contributed by atoms with Crippen molar-refractivity contribution in [3.63, 3.8) is 0 Å². The molecule has 0 radical (unpaired) electrons. The highest BCUT2D eigenvalue weighted by molar-refractivity contribution is 6.07. The summed E-state index contributed by atoms with van der Waals surface area (Å²) in [6.45, 7) is 8.05. The lowest BCUT2D eigenvalue weighted by molar-refractivity contribution is -0.383. The molecule has 3 N–H and O–H groups in total. The lowest BCUT2D eigenvalue weighted by Gasteiger charge is -2.54. The second-order valence-electron chi connectivity index (χ2n) is 8.05. The number of para-hydroxylation sites is 2. The molecule has 0 unspecified atom stereocenters. The molecule has 8 heteroatoms. The van der Waals surface area contributed by atoms with Crippen LogP contribution in [0.1, 0.15) is 40.5 Å². The predicted octanol–water partition coefficient (Wildman–Crippen LogP) is 2.92. The molecule has 144 valence electrons. The maximum atomic E-state index is 12.6. The normalized spacial score (nSPS) is 19.3. The van der Waals surface area contributed by atoms with Gasteiger partial charge in [0, 0.05) is 29.4 Å². The minimum atomic E-state index is -0.687. The third-order valence-electron chi connectivity index (χ3n) is 4.80. The molecular formula is C19H25N5O3. The van der Waals surface area contributed by atoms with Gasteiger partial charge in [-0.05, 0) is 46.6 Å². The van der Waals surface area contributed by atoms with E-state index < -0.39 is 10.8 Å². The Morgan fingerprint density at radius 1 is 1.33 bits per heavy atom. The fourth-order valence-electron chi connectivity index (χ4n) is 3.92. The zero-order valence-electron chi connectivity index (χ0n) is 16.0. The molecule has 8 nitrogen and oxygen atoms in total. The Morgan fingerprint density at radius 2 is 1.89 bits per heavy atom. The molecule has 27 heavy (non-hydrogen) atoms. The average Bonchev–Trinajstić information content (AvgIpc) is 2.52. The SMILES string of the molecule is CC1(C)CC(N)CC(C)(C)N1/C=C(/C#N)C(=O)Nc1ccccc1[N+](=O)[O-]. The Balaban J connectivity index is 2.34. The number of carbonyl (C=O) groups excluding carboxylic acids is 1. The monoisotopic (exact) mass is 371 g/mol. The first kappa shape index (κ1) is 20.4. The number of rotatable bonds is 4. The second kappa shape index (κ2) is 7.37. The summed E-state index contributed by atoms with van der Waals surface area (Å²) in [6.07, 6.45) is 2.98. The zero-order chi connectivity index (χ0) is 20.4.